The SMILES string of the molecule is CNc1snc(C)c1C(=O)NNC(=O)c1ccccc1Br. The standard InChI is InChI=1S/C13H13BrN4O2S/c1-7-10(13(15-2)21-18-7)12(20)17-16-11(19)8-5-3-4-6-9(8)14/h3-6,15H,1-2H3,(H,16,19)(H,17,20). The van der Waals surface area contributed by atoms with Crippen molar-refractivity contribution in [2.24, 2.45) is 0 Å². The molecule has 0 aliphatic heterocycles. The highest BCUT2D eigenvalue weighted by atomic mass is 79.9. The van der Waals surface area contributed by atoms with Gasteiger partial charge in [0.2, 0.25) is 0 Å². The van der Waals surface area contributed by atoms with Crippen molar-refractivity contribution >= 4 is 44.3 Å². The van der Waals surface area contributed by atoms with Gasteiger partial charge in [-0.1, -0.05) is 12.1 Å². The topological polar surface area (TPSA) is 83.1 Å². The molecular formula is C13H13BrN4O2S. The first kappa shape index (κ1) is 15.5. The first-order valence-electron chi connectivity index (χ1n) is 6.03. The molecule has 0 radical (unpaired) electrons. The predicted octanol–water partition coefficient (Wildman–Crippen LogP) is 2.33. The van der Waals surface area contributed by atoms with Crippen LogP contribution in [0.3, 0.4) is 0 Å². The summed E-state index contributed by atoms with van der Waals surface area (Å²) in [6.45, 7) is 1.74. The minimum Gasteiger partial charge on any atom is -0.378 e. The lowest BCUT2D eigenvalue weighted by Gasteiger charge is -2.09. The summed E-state index contributed by atoms with van der Waals surface area (Å²) in [6.07, 6.45) is 0. The monoisotopic (exact) mass is 368 g/mol. The molecule has 0 bridgehead atoms. The molecule has 21 heavy (non-hydrogen) atoms. The number of hydrogen-bond donors (Lipinski definition) is 3. The number of amides is 2. The van der Waals surface area contributed by atoms with Gasteiger partial charge in [-0.3, -0.25) is 20.4 Å². The molecule has 6 nitrogen and oxygen atoms in total. The van der Waals surface area contributed by atoms with Crippen LogP contribution in [0, 0.1) is 6.92 Å². The summed E-state index contributed by atoms with van der Waals surface area (Å²) in [5.41, 5.74) is 6.25. The van der Waals surface area contributed by atoms with Gasteiger partial charge in [0.15, 0.2) is 0 Å². The van der Waals surface area contributed by atoms with E-state index < -0.39 is 11.8 Å². The molecule has 3 N–H and O–H groups in total. The number of aromatic nitrogens is 1. The molecule has 8 heteroatoms. The molecule has 0 saturated carbocycles. The number of halogens is 1. The van der Waals surface area contributed by atoms with Crippen LogP contribution in [-0.2, 0) is 0 Å². The summed E-state index contributed by atoms with van der Waals surface area (Å²) in [6, 6.07) is 6.96. The third kappa shape index (κ3) is 3.40. The Morgan fingerprint density at radius 1 is 1.19 bits per heavy atom. The van der Waals surface area contributed by atoms with Crippen molar-refractivity contribution in [2.75, 3.05) is 12.4 Å². The van der Waals surface area contributed by atoms with E-state index in [4.69, 9.17) is 0 Å². The molecule has 1 heterocycles. The zero-order valence-electron chi connectivity index (χ0n) is 11.4. The van der Waals surface area contributed by atoms with Crippen LogP contribution in [-0.4, -0.2) is 23.2 Å². The lowest BCUT2D eigenvalue weighted by molar-refractivity contribution is 0.0846. The van der Waals surface area contributed by atoms with Gasteiger partial charge in [-0.05, 0) is 46.5 Å². The van der Waals surface area contributed by atoms with E-state index >= 15 is 0 Å². The second-order valence-corrected chi connectivity index (χ2v) is 5.74. The number of nitrogens with zero attached hydrogens (tertiary/aromatic N) is 1. The highest BCUT2D eigenvalue weighted by Crippen LogP contribution is 2.23. The number of benzene rings is 1. The van der Waals surface area contributed by atoms with Gasteiger partial charge in [0.1, 0.15) is 5.00 Å². The van der Waals surface area contributed by atoms with Crippen LogP contribution in [0.5, 0.6) is 0 Å². The third-order valence-corrected chi connectivity index (χ3v) is 4.37. The number of nitrogens with one attached hydrogen (secondary N) is 3. The van der Waals surface area contributed by atoms with Crippen molar-refractivity contribution < 1.29 is 9.59 Å². The molecule has 0 saturated heterocycles. The lowest BCUT2D eigenvalue weighted by atomic mass is 10.2. The smallest absolute Gasteiger partial charge is 0.274 e. The van der Waals surface area contributed by atoms with Crippen LogP contribution in [0.15, 0.2) is 28.7 Å². The van der Waals surface area contributed by atoms with E-state index in [1.54, 1.807) is 38.2 Å². The molecule has 0 atom stereocenters. The maximum Gasteiger partial charge on any atom is 0.274 e. The number of hydrogen-bond acceptors (Lipinski definition) is 5. The Hall–Kier alpha value is -1.93. The van der Waals surface area contributed by atoms with Gasteiger partial charge in [0.25, 0.3) is 11.8 Å². The molecule has 0 aliphatic rings. The summed E-state index contributed by atoms with van der Waals surface area (Å²) in [5.74, 6) is -0.811. The maximum absolute atomic E-state index is 12.1. The van der Waals surface area contributed by atoms with Gasteiger partial charge in [0, 0.05) is 11.5 Å². The quantitative estimate of drug-likeness (QED) is 0.726. The van der Waals surface area contributed by atoms with Crippen molar-refractivity contribution in [1.29, 1.82) is 0 Å². The molecule has 0 unspecified atom stereocenters. The van der Waals surface area contributed by atoms with Crippen LogP contribution in [0.1, 0.15) is 26.4 Å². The van der Waals surface area contributed by atoms with Gasteiger partial charge in [0.05, 0.1) is 16.8 Å². The number of hydrazine groups is 1. The Morgan fingerprint density at radius 3 is 2.52 bits per heavy atom. The molecule has 1 aromatic carbocycles. The van der Waals surface area contributed by atoms with E-state index in [0.717, 1.165) is 0 Å². The van der Waals surface area contributed by atoms with Gasteiger partial charge in [-0.2, -0.15) is 4.37 Å². The van der Waals surface area contributed by atoms with Crippen LogP contribution in [0.2, 0.25) is 0 Å². The average Bonchev–Trinajstić information content (AvgIpc) is 2.86. The van der Waals surface area contributed by atoms with E-state index in [1.165, 1.54) is 11.5 Å². The Kier molecular flexibility index (Phi) is 4.92. The Balaban J connectivity index is 2.06. The maximum atomic E-state index is 12.1. The van der Waals surface area contributed by atoms with E-state index in [0.29, 0.717) is 26.3 Å². The average molecular weight is 369 g/mol. The van der Waals surface area contributed by atoms with Crippen molar-refractivity contribution in [3.05, 3.63) is 45.6 Å². The molecule has 0 spiro atoms. The van der Waals surface area contributed by atoms with Crippen molar-refractivity contribution in [3.63, 3.8) is 0 Å². The fraction of sp³-hybridized carbons (Fsp3) is 0.154. The van der Waals surface area contributed by atoms with E-state index in [9.17, 15) is 9.59 Å². The summed E-state index contributed by atoms with van der Waals surface area (Å²) < 4.78 is 4.76. The van der Waals surface area contributed by atoms with Crippen LogP contribution in [0.4, 0.5) is 5.00 Å². The number of carbonyl (C=O) groups excluding carboxylic acids is 2. The van der Waals surface area contributed by atoms with Crippen LogP contribution in [0.25, 0.3) is 0 Å². The summed E-state index contributed by atoms with van der Waals surface area (Å²) >= 11 is 4.48. The van der Waals surface area contributed by atoms with Gasteiger partial charge >= 0.3 is 0 Å². The first-order chi connectivity index (χ1) is 10.0. The molecule has 1 aromatic heterocycles. The highest BCUT2D eigenvalue weighted by molar-refractivity contribution is 9.10. The number of anilines is 1. The normalized spacial score (nSPS) is 10.0. The minimum atomic E-state index is -0.411. The predicted molar refractivity (Wildman–Crippen MR) is 85.5 cm³/mol. The molecule has 2 rings (SSSR count). The zero-order chi connectivity index (χ0) is 15.4. The Morgan fingerprint density at radius 2 is 1.86 bits per heavy atom. The molecule has 0 fully saturated rings. The molecule has 2 amide bonds. The second kappa shape index (κ2) is 6.68. The number of rotatable bonds is 3. The molecule has 2 aromatic rings. The number of carbonyl (C=O) groups is 2. The van der Waals surface area contributed by atoms with E-state index in [2.05, 4.69) is 36.5 Å². The van der Waals surface area contributed by atoms with Crippen molar-refractivity contribution in [1.82, 2.24) is 15.2 Å². The van der Waals surface area contributed by atoms with Crippen molar-refractivity contribution in [3.8, 4) is 0 Å². The van der Waals surface area contributed by atoms with Crippen LogP contribution < -0.4 is 16.2 Å². The van der Waals surface area contributed by atoms with Gasteiger partial charge in [-0.15, -0.1) is 0 Å². The molecular weight excluding hydrogens is 356 g/mol. The minimum absolute atomic E-state index is 0.400. The Labute approximate surface area is 134 Å². The highest BCUT2D eigenvalue weighted by Gasteiger charge is 2.18. The van der Waals surface area contributed by atoms with Crippen LogP contribution >= 0.6 is 27.5 Å². The summed E-state index contributed by atoms with van der Waals surface area (Å²) in [7, 11) is 1.71. The zero-order valence-corrected chi connectivity index (χ0v) is 13.8. The van der Waals surface area contributed by atoms with E-state index in [-0.39, 0.29) is 0 Å². The van der Waals surface area contributed by atoms with E-state index in [1.807, 2.05) is 0 Å². The Bertz CT molecular complexity index is 687. The fourth-order valence-corrected chi connectivity index (χ4v) is 2.90. The third-order valence-electron chi connectivity index (χ3n) is 2.72. The largest absolute Gasteiger partial charge is 0.378 e. The molecule has 110 valence electrons. The first-order valence-corrected chi connectivity index (χ1v) is 7.60. The van der Waals surface area contributed by atoms with Gasteiger partial charge in [-0.25, -0.2) is 0 Å². The molecule has 0 aliphatic carbocycles. The lowest BCUT2D eigenvalue weighted by Crippen LogP contribution is -2.42. The van der Waals surface area contributed by atoms with Crippen molar-refractivity contribution in [2.45, 2.75) is 6.92 Å². The summed E-state index contributed by atoms with van der Waals surface area (Å²) in [4.78, 5) is 24.1. The van der Waals surface area contributed by atoms with Gasteiger partial charge < -0.3 is 5.32 Å². The fourth-order valence-electron chi connectivity index (χ4n) is 1.70. The summed E-state index contributed by atoms with van der Waals surface area (Å²) in [5, 5.41) is 3.55. The second-order valence-electron chi connectivity index (χ2n) is 4.11. The number of aryl methyl sites for hydroxylation is 1.